The Morgan fingerprint density at radius 3 is 1.11 bits per heavy atom. The molecule has 6 N–H and O–H groups in total. The highest BCUT2D eigenvalue weighted by atomic mass is 19.1. The van der Waals surface area contributed by atoms with Crippen molar-refractivity contribution in [2.75, 3.05) is 6.61 Å². The van der Waals surface area contributed by atoms with E-state index >= 15 is 17.6 Å². The number of aromatic nitrogens is 14. The van der Waals surface area contributed by atoms with Crippen molar-refractivity contribution in [2.45, 2.75) is 224 Å². The maximum absolute atomic E-state index is 15.2. The number of nitrogens with two attached hydrogens (primary N) is 3. The largest absolute Gasteiger partial charge is 0.466 e. The number of esters is 1. The molecule has 32 heteroatoms. The lowest BCUT2D eigenvalue weighted by atomic mass is 9.55. The van der Waals surface area contributed by atoms with Gasteiger partial charge >= 0.3 is 5.97 Å². The number of nitrogens with zero attached hydrogens (tertiary/aromatic N) is 16. The number of aryl methyl sites for hydroxylation is 4. The number of hydrogen-bond donors (Lipinski definition) is 3. The molecular weight excluding hydrogens is 1900 g/mol. The van der Waals surface area contributed by atoms with Crippen LogP contribution in [0.2, 0.25) is 0 Å². The summed E-state index contributed by atoms with van der Waals surface area (Å²) in [7, 11) is 0. The van der Waals surface area contributed by atoms with Crippen molar-refractivity contribution in [1.82, 2.24) is 70.1 Å². The zero-order chi connectivity index (χ0) is 282. The van der Waals surface area contributed by atoms with Crippen LogP contribution in [0.5, 0.6) is 0 Å². The van der Waals surface area contributed by atoms with E-state index in [-0.39, 0.29) is 126 Å². The van der Waals surface area contributed by atoms with Crippen LogP contribution < -0.4 is 17.2 Å². The molecule has 8 aliphatic carbocycles. The number of Topliss-reactive ketones (excluding diaryl/α,β-unsaturated/α-hetero) is 2. The predicted molar refractivity (Wildman–Crippen MR) is 740 cm³/mol. The number of benzene rings is 4. The molecule has 940 valence electrons. The Morgan fingerprint density at radius 2 is 0.767 bits per heavy atom. The number of ether oxygens (including phenoxy) is 1. The fourth-order valence-electron chi connectivity index (χ4n) is 24.9. The first-order valence-corrected chi connectivity index (χ1v) is 51.1. The van der Waals surface area contributed by atoms with E-state index in [0.29, 0.717) is 166 Å². The molecular formula is C118H291F4N19O9. The van der Waals surface area contributed by atoms with E-state index in [1.807, 2.05) is 81.7 Å². The van der Waals surface area contributed by atoms with Crippen LogP contribution in [0, 0.1) is 71.9 Å². The molecule has 4 aromatic carbocycles. The molecule has 8 aliphatic rings. The summed E-state index contributed by atoms with van der Waals surface area (Å²) < 4.78 is 957. The fourth-order valence-corrected chi connectivity index (χ4v) is 24.9. The summed E-state index contributed by atoms with van der Waals surface area (Å²) in [5.41, 5.74) is 33.4. The summed E-state index contributed by atoms with van der Waals surface area (Å²) in [5.74, 6) is 1.21. The number of fused-ring (bicyclic) bond motifs is 14. The van der Waals surface area contributed by atoms with Crippen molar-refractivity contribution in [3.63, 3.8) is 0 Å². The highest BCUT2D eigenvalue weighted by Gasteiger charge is 2.58. The van der Waals surface area contributed by atoms with E-state index in [0.717, 1.165) is 129 Å². The fraction of sp³-hybridized carbons (Fsp3) is 0.356. The van der Waals surface area contributed by atoms with Crippen molar-refractivity contribution < 1.29 is 323 Å². The number of hydrogen-bond acceptors (Lipinski definition) is 23. The monoisotopic (exact) mass is 2550 g/mol. The maximum Gasteiger partial charge on any atom is 0.306 e. The van der Waals surface area contributed by atoms with Crippen molar-refractivity contribution in [3.05, 3.63) is 331 Å². The molecule has 1 saturated carbocycles. The third kappa shape index (κ3) is 19.7. The van der Waals surface area contributed by atoms with Gasteiger partial charge in [-0.2, -0.15) is 0 Å². The Labute approximate surface area is 1140 Å². The van der Waals surface area contributed by atoms with Crippen LogP contribution in [0.1, 0.15) is 485 Å². The van der Waals surface area contributed by atoms with E-state index in [2.05, 4.69) is 74.6 Å². The first-order chi connectivity index (χ1) is 160. The molecule has 3 amide bonds. The molecule has 10 heterocycles. The number of carbonyl (C=O) groups excluding carboxylic acids is 6. The van der Waals surface area contributed by atoms with Gasteiger partial charge in [0.1, 0.15) is 34.8 Å². The summed E-state index contributed by atoms with van der Waals surface area (Å²) in [6.45, 7) is 34.2. The van der Waals surface area contributed by atoms with Crippen LogP contribution in [-0.2, 0) is 119 Å². The van der Waals surface area contributed by atoms with Gasteiger partial charge in [0.15, 0.2) is 29.1 Å². The summed E-state index contributed by atoms with van der Waals surface area (Å²) in [6, 6.07) is 40.6. The highest BCUT2D eigenvalue weighted by Crippen LogP contribution is 2.59. The molecule has 1 unspecified atom stereocenters. The van der Waals surface area contributed by atoms with Crippen LogP contribution >= 0.6 is 0 Å². The van der Waals surface area contributed by atoms with Crippen LogP contribution in [-0.4, -0.2) is 118 Å². The van der Waals surface area contributed by atoms with Gasteiger partial charge in [-0.25, -0.2) is 68.9 Å². The lowest BCUT2D eigenvalue weighted by molar-refractivity contribution is -0.143. The molecule has 0 bridgehead atoms. The zero-order valence-corrected chi connectivity index (χ0v) is 84.8. The van der Waals surface area contributed by atoms with Crippen LogP contribution in [0.25, 0.3) is 100 Å². The second-order valence-corrected chi connectivity index (χ2v) is 41.5. The zero-order valence-electron chi connectivity index (χ0n) is 261. The molecule has 13 atom stereocenters. The number of pyridine rings is 4. The van der Waals surface area contributed by atoms with Gasteiger partial charge in [-0.1, -0.05) is 120 Å². The third-order valence-corrected chi connectivity index (χ3v) is 32.3. The third-order valence-electron chi connectivity index (χ3n) is 32.3. The number of ketones is 2. The smallest absolute Gasteiger partial charge is 0.306 e. The van der Waals surface area contributed by atoms with E-state index in [1.54, 1.807) is 111 Å². The van der Waals surface area contributed by atoms with Crippen molar-refractivity contribution in [3.8, 4) is 90.6 Å². The van der Waals surface area contributed by atoms with E-state index in [1.165, 1.54) is 24.3 Å². The van der Waals surface area contributed by atoms with Crippen molar-refractivity contribution in [1.29, 1.82) is 0 Å². The van der Waals surface area contributed by atoms with Crippen LogP contribution in [0.3, 0.4) is 0 Å². The Morgan fingerprint density at radius 1 is 0.440 bits per heavy atom. The molecule has 22 rings (SSSR count). The van der Waals surface area contributed by atoms with Gasteiger partial charge in [-0.05, 0) is 211 Å². The van der Waals surface area contributed by atoms with E-state index in [4.69, 9.17) is 345 Å². The average molecular weight is 2550 g/mol. The normalized spacial score (nSPS) is 27.4. The standard InChI is InChI=1S/C31H31FN4O3.2C29H28FN5O2.C29H26FN5O2.89H2/c1-4-38-26(37)12-9-21-15-19(13-14-33-21)30-35-27(22-7-5-6-8-25(22)32)23-10-11-24-18(2)28-20(17-34-39-28)16-31(24,3)29(23)36-30;1-16-22-9-8-21-25(20-5-3-4-6-23(20)30)34-28(17-11-12-32-19(13-17)7-10-24(31)36)35-27(21)29(22,2)14-18-15-33-37-26(16)18;2*1-16-21-10-9-20-25(19-6-4-5-7-22(19)30)34-28(17-12-13-33-18(14-17)8-11-24(31)36)35-27(20)29(21,2)15-23(32-3)26(16)37;;;;;;;;;;;;;;;;;;;;;;;;;;;;;;;;;;;;;;;;;;;;;;;;;;;;;;;;;;;;;;;;;;;;;;;;;;;;;;;;;;;;;;;;;/h5-8,13-15,17-18,24H,4,9-12,16H2,1-3H3;3-6,11-13,15-16,22H,7-10,14H2,1-2H3,(H2,31,36);4-7,12-14,16,21,23H,8-11,15H2,1-2H3,(H2,31,36);4-7,12-16,21H,8-11H2,1-2H3,(H2,31,36);89*1H/t18-,24-,31-;16-,22-,29-;16-,21-,23?,29-;16-,21-,29-;;;;;;;;;;;;;;;;;;;;;;;;;;;;;;;;;;;;;;;;;;;;;;;;;;;;;;;;;;;;;;;;;;;;;;;;;;;;;;;;;;;;;;;;;/m1111........................................................................................./s1/i;;;;88*1+2T;1+2. The number of rotatable bonds is 21. The van der Waals surface area contributed by atoms with Crippen LogP contribution in [0.4, 0.5) is 17.6 Å². The van der Waals surface area contributed by atoms with E-state index < -0.39 is 28.7 Å². The minimum atomic E-state index is -0.723. The second-order valence-electron chi connectivity index (χ2n) is 41.5. The number of halogens is 4. The summed E-state index contributed by atoms with van der Waals surface area (Å²) >= 11 is 0. The van der Waals surface area contributed by atoms with Gasteiger partial charge < -0.3 is 40.6 Å². The molecule has 0 spiro atoms. The molecule has 28 nitrogen and oxygen atoms in total. The molecule has 0 radical (unpaired) electrons. The van der Waals surface area contributed by atoms with Gasteiger partial charge in [0.2, 0.25) is 29.2 Å². The topological polar surface area (TPSA) is 405 Å². The van der Waals surface area contributed by atoms with Gasteiger partial charge in [-0.15, -0.1) is 0 Å². The Bertz CT molecular complexity index is 8150. The first-order valence-electron chi connectivity index (χ1n) is 139. The minimum Gasteiger partial charge on any atom is -0.466 e. The van der Waals surface area contributed by atoms with Crippen molar-refractivity contribution >= 4 is 35.3 Å². The summed E-state index contributed by atoms with van der Waals surface area (Å²) in [5, 5.41) is 8.18. The minimum absolute atomic E-state index is 0. The van der Waals surface area contributed by atoms with Gasteiger partial charge in [0, 0.05) is 466 Å². The SMILES string of the molecule is CCOC(=O)CCc1cc(-c2nc(-c3ccccc3F)c3c(n2)[C@]2(C)Cc4cnoc4[C@H](C)[C@H]2CC3)ccn1.C[C@H]1c2oncc2C[C@@]2(C)c3nc(-c4ccnc(CCC(N)=O)c4)nc(-c4ccccc4F)c3CC[C@H]12.[3HH].[3H][3H].[3H][3H].[3H][3H].[3H][3H].[3H][3H].[3H][3H].[3H][3H].[3H][3H].[3H][3H].[3H][3H].[3H][3H].[3H][3H].[3H][3H].[3H][3H].[3H][3H].[3H][3H].[3H][3H].[3H][3H].[3H][3H].[3H][3H].[3H][3H].[3H][3H].[3H][3H].[3H][3H].[3H][3H].[3H][3H].[3H][3H].[3H][3H].[3H][3H].[3H][3H].[3H][3H].[3H][3H].[3H][3H].[3H][3H].[3H][3H].[3H][3H].[3H][3H].[3H][3H].[3H][3H].[3H][3H].[3H][3H].[3H][3H].[3H][3H].[3H][3H].[3H][3H].[3H][3H].[3H][3H].[3H][3H].[3H][3H].[3H][3H].[3H][3H].[3H][3H].[3H][3H].[3H][3H].[3H][3H].[3H][3H].[3H][3H].[3H][3H].[3H][3H].[3H][3H].[3H][3H].[3H][3H].[3H][3H].[3H][3H].[3H][3H].[3H][3H].[3H][3H].[3H][3H].[3H][3H].[3H][3H].[3H][3H].[3H][3H].[3H][3H].[3H][3H].[3H][3H].[3H][3H].[3H][3H].[3H][3H].[3H][3H].[3H][3H].[3H][3H].[3H][3H].[3H][3H].[3H][3H].[3H][3H].[3H][3H].[3H][3H].[3H][3H].[C-]#[N+]C1=C[C@@]2(C)c3nc(-c4ccnc(CCC(N)=O)c4)nc(-c4ccccc4F)c3CC[C@@H]2[C@@H](C)C1=O.[C-]#[N+]C1C[C@@]2(C)c3nc(-c4ccnc(CCC(N)=O)c4)nc(-c4ccccc4F)c3CC[C@@H]2[C@@H](C)C1=O. The molecule has 150 heavy (non-hydrogen) atoms. The molecule has 0 aliphatic heterocycles. The Hall–Kier alpha value is -16.1. The molecule has 1 fully saturated rings. The highest BCUT2D eigenvalue weighted by molar-refractivity contribution is 6.00. The van der Waals surface area contributed by atoms with Gasteiger partial charge in [0.25, 0.3) is 6.04 Å². The first kappa shape index (κ1) is 41.1. The second kappa shape index (κ2) is 42.3. The van der Waals surface area contributed by atoms with E-state index in [9.17, 15) is 28.8 Å². The lowest BCUT2D eigenvalue weighted by Crippen LogP contribution is -2.52. The van der Waals surface area contributed by atoms with Gasteiger partial charge in [0.05, 0.1) is 77.5 Å². The summed E-state index contributed by atoms with van der Waals surface area (Å²) in [6.07, 6.45) is 22.4. The number of amides is 3. The lowest BCUT2D eigenvalue weighted by Gasteiger charge is -2.47. The van der Waals surface area contributed by atoms with Gasteiger partial charge in [-0.3, -0.25) is 43.9 Å². The van der Waals surface area contributed by atoms with Crippen molar-refractivity contribution in [2.24, 2.45) is 52.7 Å². The van der Waals surface area contributed by atoms with Crippen LogP contribution in [0.15, 0.2) is 204 Å². The molecule has 0 saturated heterocycles. The Kier molecular flexibility index (Phi) is 11.6. The Balaban J connectivity index is -0.0000000316. The predicted octanol–water partition coefficient (Wildman–Crippen LogP) is 41.9. The quantitative estimate of drug-likeness (QED) is 0.0342. The number of primary amides is 3. The molecule has 10 aromatic heterocycles. The summed E-state index contributed by atoms with van der Waals surface area (Å²) in [4.78, 5) is 136. The molecule has 14 aromatic rings. The maximum atomic E-state index is 15.2. The average Bonchev–Trinajstić information content (AvgIpc) is 1.57. The number of carbonyl (C=O) groups is 6. The number of allylic oxidation sites excluding steroid dienone is 2.